The standard InChI is InChI=1S/C29H28N2O5/c1-3-17-36-21-15-13-19(14-16-21)25-23-24(29(30-25,28(34)35)20-10-5-4-6-11-20)27(33)31(26(23)32)22-12-8-7-9-18(22)2/h4-16,23-25,30H,3,17H2,1-2H3,(H,34,35). The summed E-state index contributed by atoms with van der Waals surface area (Å²) in [6, 6.07) is 22.4. The first-order valence-corrected chi connectivity index (χ1v) is 12.1. The second-order valence-corrected chi connectivity index (χ2v) is 9.32. The third-order valence-corrected chi connectivity index (χ3v) is 7.19. The van der Waals surface area contributed by atoms with E-state index in [0.29, 0.717) is 23.6 Å². The van der Waals surface area contributed by atoms with Crippen molar-refractivity contribution in [3.63, 3.8) is 0 Å². The number of carbonyl (C=O) groups is 3. The quantitative estimate of drug-likeness (QED) is 0.488. The Morgan fingerprint density at radius 2 is 1.64 bits per heavy atom. The minimum absolute atomic E-state index is 0.401. The van der Waals surface area contributed by atoms with E-state index in [9.17, 15) is 19.5 Å². The maximum absolute atomic E-state index is 14.0. The van der Waals surface area contributed by atoms with Crippen LogP contribution in [0.3, 0.4) is 0 Å². The largest absolute Gasteiger partial charge is 0.494 e. The summed E-state index contributed by atoms with van der Waals surface area (Å²) in [5.41, 5.74) is 0.641. The van der Waals surface area contributed by atoms with E-state index in [2.05, 4.69) is 5.32 Å². The molecule has 4 atom stereocenters. The second kappa shape index (κ2) is 9.24. The molecule has 2 fully saturated rings. The van der Waals surface area contributed by atoms with Crippen LogP contribution in [0.1, 0.15) is 36.1 Å². The number of aryl methyl sites for hydroxylation is 1. The predicted octanol–water partition coefficient (Wildman–Crippen LogP) is 4.21. The molecule has 184 valence electrons. The molecular formula is C29H28N2O5. The van der Waals surface area contributed by atoms with Gasteiger partial charge in [-0.2, -0.15) is 0 Å². The molecule has 0 radical (unpaired) electrons. The Kier molecular flexibility index (Phi) is 6.10. The number of imide groups is 1. The maximum atomic E-state index is 14.0. The number of ether oxygens (including phenoxy) is 1. The van der Waals surface area contributed by atoms with Gasteiger partial charge in [0.25, 0.3) is 0 Å². The lowest BCUT2D eigenvalue weighted by atomic mass is 9.75. The van der Waals surface area contributed by atoms with Crippen molar-refractivity contribution in [2.75, 3.05) is 11.5 Å². The van der Waals surface area contributed by atoms with Crippen LogP contribution in [0.25, 0.3) is 0 Å². The van der Waals surface area contributed by atoms with Crippen LogP contribution in [0.5, 0.6) is 5.75 Å². The van der Waals surface area contributed by atoms with Gasteiger partial charge in [-0.1, -0.05) is 67.6 Å². The van der Waals surface area contributed by atoms with Crippen LogP contribution < -0.4 is 15.0 Å². The van der Waals surface area contributed by atoms with Gasteiger partial charge >= 0.3 is 5.97 Å². The first-order chi connectivity index (χ1) is 17.4. The fourth-order valence-electron chi connectivity index (χ4n) is 5.52. The monoisotopic (exact) mass is 484 g/mol. The number of aliphatic carboxylic acids is 1. The molecule has 5 rings (SSSR count). The molecule has 0 spiro atoms. The first-order valence-electron chi connectivity index (χ1n) is 12.1. The van der Waals surface area contributed by atoms with Crippen molar-refractivity contribution in [2.24, 2.45) is 11.8 Å². The van der Waals surface area contributed by atoms with E-state index in [1.807, 2.05) is 50.2 Å². The smallest absolute Gasteiger partial charge is 0.329 e. The lowest BCUT2D eigenvalue weighted by Gasteiger charge is -2.32. The molecule has 36 heavy (non-hydrogen) atoms. The van der Waals surface area contributed by atoms with Crippen molar-refractivity contribution in [1.82, 2.24) is 5.32 Å². The van der Waals surface area contributed by atoms with Gasteiger partial charge in [-0.05, 0) is 48.2 Å². The van der Waals surface area contributed by atoms with Crippen LogP contribution in [0, 0.1) is 18.8 Å². The highest BCUT2D eigenvalue weighted by atomic mass is 16.5. The Morgan fingerprint density at radius 3 is 2.28 bits per heavy atom. The Balaban J connectivity index is 1.65. The molecule has 2 N–H and O–H groups in total. The molecule has 2 aliphatic heterocycles. The summed E-state index contributed by atoms with van der Waals surface area (Å²) < 4.78 is 5.69. The topological polar surface area (TPSA) is 95.9 Å². The number of anilines is 1. The summed E-state index contributed by atoms with van der Waals surface area (Å²) in [4.78, 5) is 42.1. The number of carboxylic acids is 1. The van der Waals surface area contributed by atoms with Crippen LogP contribution in [0.2, 0.25) is 0 Å². The zero-order chi connectivity index (χ0) is 25.4. The number of hydrogen-bond donors (Lipinski definition) is 2. The van der Waals surface area contributed by atoms with Gasteiger partial charge < -0.3 is 9.84 Å². The average molecular weight is 485 g/mol. The number of benzene rings is 3. The van der Waals surface area contributed by atoms with E-state index in [0.717, 1.165) is 17.5 Å². The molecule has 7 nitrogen and oxygen atoms in total. The van der Waals surface area contributed by atoms with Gasteiger partial charge in [0.15, 0.2) is 5.54 Å². The molecule has 0 aromatic heterocycles. The van der Waals surface area contributed by atoms with Gasteiger partial charge in [0, 0.05) is 6.04 Å². The Labute approximate surface area is 209 Å². The highest BCUT2D eigenvalue weighted by Gasteiger charge is 2.69. The number of hydrogen-bond acceptors (Lipinski definition) is 5. The third kappa shape index (κ3) is 3.58. The fourth-order valence-corrected chi connectivity index (χ4v) is 5.52. The Hall–Kier alpha value is -3.97. The SMILES string of the molecule is CCCOc1ccc(C2NC(C(=O)O)(c3ccccc3)C3C(=O)N(c4ccccc4C)C(=O)C23)cc1. The molecule has 0 saturated carbocycles. The molecule has 2 saturated heterocycles. The summed E-state index contributed by atoms with van der Waals surface area (Å²) in [6.45, 7) is 4.44. The highest BCUT2D eigenvalue weighted by Crippen LogP contribution is 2.54. The first kappa shape index (κ1) is 23.8. The van der Waals surface area contributed by atoms with Crippen LogP contribution in [-0.4, -0.2) is 29.5 Å². The zero-order valence-electron chi connectivity index (χ0n) is 20.2. The summed E-state index contributed by atoms with van der Waals surface area (Å²) >= 11 is 0. The second-order valence-electron chi connectivity index (χ2n) is 9.32. The number of rotatable bonds is 7. The van der Waals surface area contributed by atoms with Crippen molar-refractivity contribution >= 4 is 23.5 Å². The van der Waals surface area contributed by atoms with Crippen molar-refractivity contribution in [3.05, 3.63) is 95.6 Å². The van der Waals surface area contributed by atoms with Crippen LogP contribution in [0.15, 0.2) is 78.9 Å². The maximum Gasteiger partial charge on any atom is 0.329 e. The summed E-state index contributed by atoms with van der Waals surface area (Å²) in [5.74, 6) is -3.42. The number of para-hydroxylation sites is 1. The van der Waals surface area contributed by atoms with Crippen molar-refractivity contribution in [1.29, 1.82) is 0 Å². The molecular weight excluding hydrogens is 456 g/mol. The van der Waals surface area contributed by atoms with Gasteiger partial charge in [-0.25, -0.2) is 9.69 Å². The number of fused-ring (bicyclic) bond motifs is 1. The van der Waals surface area contributed by atoms with E-state index in [1.165, 1.54) is 4.90 Å². The molecule has 0 aliphatic carbocycles. The molecule has 4 unspecified atom stereocenters. The van der Waals surface area contributed by atoms with Gasteiger partial charge in [0.1, 0.15) is 5.75 Å². The number of nitrogens with zero attached hydrogens (tertiary/aromatic N) is 1. The highest BCUT2D eigenvalue weighted by molar-refractivity contribution is 6.24. The summed E-state index contributed by atoms with van der Waals surface area (Å²) in [5, 5.41) is 13.9. The molecule has 7 heteroatoms. The van der Waals surface area contributed by atoms with Crippen molar-refractivity contribution < 1.29 is 24.2 Å². The Morgan fingerprint density at radius 1 is 0.972 bits per heavy atom. The molecule has 2 aliphatic rings. The number of carboxylic acid groups (broad SMARTS) is 1. The Bertz CT molecular complexity index is 1310. The van der Waals surface area contributed by atoms with E-state index in [4.69, 9.17) is 4.74 Å². The average Bonchev–Trinajstić information content (AvgIpc) is 3.38. The van der Waals surface area contributed by atoms with Gasteiger partial charge in [-0.15, -0.1) is 0 Å². The summed E-state index contributed by atoms with van der Waals surface area (Å²) in [6.07, 6.45) is 0.874. The molecule has 2 heterocycles. The number of carbonyl (C=O) groups excluding carboxylic acids is 2. The van der Waals surface area contributed by atoms with Crippen LogP contribution in [0.4, 0.5) is 5.69 Å². The van der Waals surface area contributed by atoms with E-state index in [-0.39, 0.29) is 0 Å². The molecule has 2 amide bonds. The molecule has 3 aromatic rings. The third-order valence-electron chi connectivity index (χ3n) is 7.19. The predicted molar refractivity (Wildman–Crippen MR) is 135 cm³/mol. The van der Waals surface area contributed by atoms with E-state index in [1.54, 1.807) is 42.5 Å². The van der Waals surface area contributed by atoms with Gasteiger partial charge in [-0.3, -0.25) is 14.9 Å². The van der Waals surface area contributed by atoms with E-state index >= 15 is 0 Å². The summed E-state index contributed by atoms with van der Waals surface area (Å²) in [7, 11) is 0. The van der Waals surface area contributed by atoms with Crippen LogP contribution >= 0.6 is 0 Å². The molecule has 3 aromatic carbocycles. The van der Waals surface area contributed by atoms with Gasteiger partial charge in [0.2, 0.25) is 11.8 Å². The minimum atomic E-state index is -1.77. The van der Waals surface area contributed by atoms with E-state index < -0.39 is 41.2 Å². The molecule has 0 bridgehead atoms. The lowest BCUT2D eigenvalue weighted by molar-refractivity contribution is -0.149. The minimum Gasteiger partial charge on any atom is -0.494 e. The van der Waals surface area contributed by atoms with Crippen molar-refractivity contribution in [2.45, 2.75) is 31.8 Å². The zero-order valence-corrected chi connectivity index (χ0v) is 20.2. The lowest BCUT2D eigenvalue weighted by Crippen LogP contribution is -2.53. The number of amides is 2. The van der Waals surface area contributed by atoms with Crippen molar-refractivity contribution in [3.8, 4) is 5.75 Å². The fraction of sp³-hybridized carbons (Fsp3) is 0.276. The normalized spacial score (nSPS) is 25.2. The van der Waals surface area contributed by atoms with Gasteiger partial charge in [0.05, 0.1) is 24.1 Å². The van der Waals surface area contributed by atoms with Crippen LogP contribution in [-0.2, 0) is 19.9 Å². The number of nitrogens with one attached hydrogen (secondary N) is 1.